The first-order valence-electron chi connectivity index (χ1n) is 8.59. The van der Waals surface area contributed by atoms with E-state index < -0.39 is 0 Å². The molecule has 0 bridgehead atoms. The van der Waals surface area contributed by atoms with Crippen LogP contribution in [0.5, 0.6) is 5.75 Å². The molecule has 138 valence electrons. The Hall–Kier alpha value is -2.80. The Kier molecular flexibility index (Phi) is 5.58. The molecule has 1 aromatic heterocycles. The van der Waals surface area contributed by atoms with Gasteiger partial charge in [0.15, 0.2) is 5.75 Å². The molecule has 1 fully saturated rings. The van der Waals surface area contributed by atoms with Crippen LogP contribution < -0.4 is 5.56 Å². The van der Waals surface area contributed by atoms with E-state index in [1.165, 1.54) is 11.7 Å². The Morgan fingerprint density at radius 3 is 2.42 bits per heavy atom. The third-order valence-electron chi connectivity index (χ3n) is 4.62. The highest BCUT2D eigenvalue weighted by atomic mass is 16.5. The van der Waals surface area contributed by atoms with Crippen LogP contribution in [-0.2, 0) is 17.8 Å². The number of nitrogens with zero attached hydrogens (tertiary/aromatic N) is 3. The van der Waals surface area contributed by atoms with Crippen molar-refractivity contribution in [3.8, 4) is 5.75 Å². The number of amides is 1. The van der Waals surface area contributed by atoms with Crippen molar-refractivity contribution in [2.45, 2.75) is 13.1 Å². The summed E-state index contributed by atoms with van der Waals surface area (Å²) in [5.41, 5.74) is 1.21. The minimum absolute atomic E-state index is 0.209. The van der Waals surface area contributed by atoms with Gasteiger partial charge in [-0.3, -0.25) is 9.69 Å². The number of methoxy groups -OCH3 is 1. The highest BCUT2D eigenvalue weighted by Crippen LogP contribution is 2.16. The van der Waals surface area contributed by atoms with Gasteiger partial charge in [0, 0.05) is 44.5 Å². The van der Waals surface area contributed by atoms with E-state index in [9.17, 15) is 14.7 Å². The van der Waals surface area contributed by atoms with Gasteiger partial charge in [-0.2, -0.15) is 0 Å². The zero-order valence-corrected chi connectivity index (χ0v) is 14.8. The van der Waals surface area contributed by atoms with Crippen LogP contribution in [0.25, 0.3) is 0 Å². The summed E-state index contributed by atoms with van der Waals surface area (Å²) in [5, 5.41) is 10.3. The van der Waals surface area contributed by atoms with Crippen LogP contribution in [0.1, 0.15) is 11.1 Å². The molecule has 3 rings (SSSR count). The first-order valence-corrected chi connectivity index (χ1v) is 8.59. The third kappa shape index (κ3) is 4.05. The fraction of sp³-hybridized carbons (Fsp3) is 0.368. The second-order valence-corrected chi connectivity index (χ2v) is 6.34. The van der Waals surface area contributed by atoms with Crippen LogP contribution in [0.3, 0.4) is 0 Å². The number of carbonyl (C=O) groups is 1. The molecular weight excluding hydrogens is 334 g/mol. The number of rotatable bonds is 4. The van der Waals surface area contributed by atoms with Gasteiger partial charge < -0.3 is 19.3 Å². The van der Waals surface area contributed by atoms with E-state index in [1.54, 1.807) is 17.2 Å². The second kappa shape index (κ2) is 8.05. The molecule has 0 atom stereocenters. The van der Waals surface area contributed by atoms with Crippen molar-refractivity contribution >= 4 is 6.09 Å². The lowest BCUT2D eigenvalue weighted by molar-refractivity contribution is 0.0885. The van der Waals surface area contributed by atoms with E-state index in [0.29, 0.717) is 44.8 Å². The molecule has 0 unspecified atom stereocenters. The first kappa shape index (κ1) is 18.0. The molecule has 1 aliphatic rings. The largest absolute Gasteiger partial charge is 0.503 e. The Morgan fingerprint density at radius 1 is 1.08 bits per heavy atom. The molecule has 7 nitrogen and oxygen atoms in total. The molecule has 1 aliphatic heterocycles. The molecular formula is C19H23N3O4. The minimum Gasteiger partial charge on any atom is -0.503 e. The smallest absolute Gasteiger partial charge is 0.409 e. The average molecular weight is 357 g/mol. The van der Waals surface area contributed by atoms with Gasteiger partial charge in [-0.15, -0.1) is 0 Å². The van der Waals surface area contributed by atoms with E-state index in [2.05, 4.69) is 4.90 Å². The van der Waals surface area contributed by atoms with Gasteiger partial charge in [0.25, 0.3) is 5.56 Å². The maximum atomic E-state index is 12.4. The molecule has 0 spiro atoms. The Morgan fingerprint density at radius 2 is 1.77 bits per heavy atom. The predicted molar refractivity (Wildman–Crippen MR) is 97.2 cm³/mol. The molecule has 2 aromatic rings. The minimum atomic E-state index is -0.389. The van der Waals surface area contributed by atoms with Gasteiger partial charge >= 0.3 is 6.09 Å². The second-order valence-electron chi connectivity index (χ2n) is 6.34. The SMILES string of the molecule is COC(=O)N1CCN(Cc2ccn(Cc3ccccc3)c(=O)c2O)CC1. The number of aromatic nitrogens is 1. The number of piperazine rings is 1. The van der Waals surface area contributed by atoms with Crippen molar-refractivity contribution in [2.24, 2.45) is 0 Å². The van der Waals surface area contributed by atoms with Gasteiger partial charge in [0.05, 0.1) is 13.7 Å². The molecule has 0 saturated carbocycles. The van der Waals surface area contributed by atoms with Crippen molar-refractivity contribution in [1.29, 1.82) is 0 Å². The molecule has 0 radical (unpaired) electrons. The van der Waals surface area contributed by atoms with E-state index in [1.807, 2.05) is 30.3 Å². The zero-order valence-electron chi connectivity index (χ0n) is 14.8. The summed E-state index contributed by atoms with van der Waals surface area (Å²) in [4.78, 5) is 27.7. The maximum Gasteiger partial charge on any atom is 0.409 e. The molecule has 1 N–H and O–H groups in total. The quantitative estimate of drug-likeness (QED) is 0.897. The number of benzene rings is 1. The van der Waals surface area contributed by atoms with Gasteiger partial charge in [-0.1, -0.05) is 30.3 Å². The lowest BCUT2D eigenvalue weighted by Gasteiger charge is -2.33. The molecule has 1 aromatic carbocycles. The van der Waals surface area contributed by atoms with Gasteiger partial charge in [0.2, 0.25) is 0 Å². The first-order chi connectivity index (χ1) is 12.6. The summed E-state index contributed by atoms with van der Waals surface area (Å²) in [5.74, 6) is -0.209. The van der Waals surface area contributed by atoms with Crippen molar-refractivity contribution in [3.63, 3.8) is 0 Å². The van der Waals surface area contributed by atoms with Gasteiger partial charge in [0.1, 0.15) is 0 Å². The van der Waals surface area contributed by atoms with Gasteiger partial charge in [-0.25, -0.2) is 4.79 Å². The normalized spacial score (nSPS) is 15.0. The number of carbonyl (C=O) groups excluding carboxylic acids is 1. The Bertz CT molecular complexity index is 811. The molecule has 26 heavy (non-hydrogen) atoms. The zero-order chi connectivity index (χ0) is 18.5. The fourth-order valence-corrected chi connectivity index (χ4v) is 3.09. The monoisotopic (exact) mass is 357 g/mol. The summed E-state index contributed by atoms with van der Waals surface area (Å²) in [6.45, 7) is 3.37. The third-order valence-corrected chi connectivity index (χ3v) is 4.62. The molecule has 1 amide bonds. The van der Waals surface area contributed by atoms with Crippen LogP contribution in [0.4, 0.5) is 4.79 Å². The summed E-state index contributed by atoms with van der Waals surface area (Å²) in [6, 6.07) is 11.4. The van der Waals surface area contributed by atoms with Crippen LogP contribution in [0.15, 0.2) is 47.4 Å². The van der Waals surface area contributed by atoms with Crippen LogP contribution in [0, 0.1) is 0 Å². The van der Waals surface area contributed by atoms with Crippen LogP contribution in [0.2, 0.25) is 0 Å². The molecule has 0 aliphatic carbocycles. The van der Waals surface area contributed by atoms with Crippen LogP contribution >= 0.6 is 0 Å². The lowest BCUT2D eigenvalue weighted by atomic mass is 10.2. The maximum absolute atomic E-state index is 12.4. The Labute approximate surface area is 152 Å². The highest BCUT2D eigenvalue weighted by molar-refractivity contribution is 5.67. The number of ether oxygens (including phenoxy) is 1. The number of aromatic hydroxyl groups is 1. The average Bonchev–Trinajstić information content (AvgIpc) is 2.68. The van der Waals surface area contributed by atoms with E-state index >= 15 is 0 Å². The van der Waals surface area contributed by atoms with Gasteiger partial charge in [-0.05, 0) is 11.6 Å². The molecule has 1 saturated heterocycles. The summed E-state index contributed by atoms with van der Waals surface area (Å²) in [6.07, 6.45) is 1.39. The predicted octanol–water partition coefficient (Wildman–Crippen LogP) is 1.49. The highest BCUT2D eigenvalue weighted by Gasteiger charge is 2.22. The summed E-state index contributed by atoms with van der Waals surface area (Å²) >= 11 is 0. The van der Waals surface area contributed by atoms with Crippen LogP contribution in [-0.4, -0.2) is 58.9 Å². The number of pyridine rings is 1. The number of hydrogen-bond acceptors (Lipinski definition) is 5. The van der Waals surface area contributed by atoms with E-state index in [0.717, 1.165) is 5.56 Å². The van der Waals surface area contributed by atoms with Crippen molar-refractivity contribution < 1.29 is 14.6 Å². The molecule has 7 heteroatoms. The summed E-state index contributed by atoms with van der Waals surface area (Å²) in [7, 11) is 1.37. The van der Waals surface area contributed by atoms with Crippen molar-refractivity contribution in [2.75, 3.05) is 33.3 Å². The standard InChI is InChI=1S/C19H23N3O4/c1-26-19(25)21-11-9-20(10-12-21)14-16-7-8-22(18(24)17(16)23)13-15-5-3-2-4-6-15/h2-8,23H,9-14H2,1H3. The van der Waals surface area contributed by atoms with E-state index in [-0.39, 0.29) is 17.4 Å². The van der Waals surface area contributed by atoms with Crippen molar-refractivity contribution in [1.82, 2.24) is 14.4 Å². The van der Waals surface area contributed by atoms with Crippen molar-refractivity contribution in [3.05, 3.63) is 64.1 Å². The number of hydrogen-bond donors (Lipinski definition) is 1. The lowest BCUT2D eigenvalue weighted by Crippen LogP contribution is -2.48. The van der Waals surface area contributed by atoms with E-state index in [4.69, 9.17) is 4.74 Å². The fourth-order valence-electron chi connectivity index (χ4n) is 3.09. The topological polar surface area (TPSA) is 75.0 Å². The Balaban J connectivity index is 1.66. The summed E-state index contributed by atoms with van der Waals surface area (Å²) < 4.78 is 6.23. The molecule has 2 heterocycles.